The summed E-state index contributed by atoms with van der Waals surface area (Å²) >= 11 is 0. The van der Waals surface area contributed by atoms with E-state index >= 15 is 0 Å². The first-order chi connectivity index (χ1) is 38.5. The van der Waals surface area contributed by atoms with Crippen LogP contribution < -0.4 is 59.3 Å². The van der Waals surface area contributed by atoms with E-state index in [1.165, 1.54) is 19.4 Å². The third-order valence-electron chi connectivity index (χ3n) is 14.0. The molecule has 0 bridgehead atoms. The maximum absolute atomic E-state index is 14.4. The molecule has 0 fully saturated rings. The fraction of sp³-hybridized carbons (Fsp3) is 0.712. The van der Waals surface area contributed by atoms with Gasteiger partial charge >= 0.3 is 17.9 Å². The summed E-state index contributed by atoms with van der Waals surface area (Å²) < 4.78 is 0. The van der Waals surface area contributed by atoms with E-state index in [-0.39, 0.29) is 32.2 Å². The third kappa shape index (κ3) is 24.8. The zero-order valence-electron chi connectivity index (χ0n) is 48.2. The largest absolute Gasteiger partial charge is 0.481 e. The number of aliphatic hydroxyl groups excluding tert-OH is 2. The van der Waals surface area contributed by atoms with Crippen molar-refractivity contribution in [2.75, 3.05) is 13.2 Å². The summed E-state index contributed by atoms with van der Waals surface area (Å²) in [5, 5.41) is 70.6. The van der Waals surface area contributed by atoms with Gasteiger partial charge in [-0.05, 0) is 69.2 Å². The molecule has 0 unspecified atom stereocenters. The van der Waals surface area contributed by atoms with Crippen LogP contribution in [0.4, 0.5) is 0 Å². The van der Waals surface area contributed by atoms with E-state index in [0.717, 1.165) is 0 Å². The van der Waals surface area contributed by atoms with Crippen LogP contribution in [0.5, 0.6) is 0 Å². The van der Waals surface area contributed by atoms with E-state index in [4.69, 9.17) is 16.6 Å². The summed E-state index contributed by atoms with van der Waals surface area (Å²) in [7, 11) is 0. The second-order valence-corrected chi connectivity index (χ2v) is 20.9. The summed E-state index contributed by atoms with van der Waals surface area (Å²) in [6.07, 6.45) is 0.643. The minimum Gasteiger partial charge on any atom is -0.481 e. The van der Waals surface area contributed by atoms with Gasteiger partial charge in [-0.1, -0.05) is 74.7 Å². The zero-order valence-corrected chi connectivity index (χ0v) is 48.2. The molecule has 1 rings (SSSR count). The first-order valence-electron chi connectivity index (χ1n) is 27.6. The molecule has 0 aliphatic carbocycles. The second kappa shape index (κ2) is 36.9. The van der Waals surface area contributed by atoms with E-state index in [2.05, 4.69) is 52.5 Å². The monoisotopic (exact) mass is 1170 g/mol. The van der Waals surface area contributed by atoms with Crippen LogP contribution >= 0.6 is 0 Å². The highest BCUT2D eigenvalue weighted by molar-refractivity contribution is 5.99. The van der Waals surface area contributed by atoms with Crippen molar-refractivity contribution < 1.29 is 83.1 Å². The molecule has 9 amide bonds. The normalized spacial score (nSPS) is 16.4. The van der Waals surface area contributed by atoms with Crippen molar-refractivity contribution in [3.8, 4) is 0 Å². The Kier molecular flexibility index (Phi) is 32.7. The first kappa shape index (κ1) is 72.7. The minimum atomic E-state index is -1.78. The zero-order chi connectivity index (χ0) is 62.6. The standard InChI is InChI=1S/C52H89N13O17/c1-10-26(6)39(48(77)58-32(15-13-14-20-53)44(73)57-33(17-19-37(70)71)45(74)60-35(23-66)52(81)82)64-47(76)38(25(4)5)61-49(78)41(28(8)12-3)63-46(75)34(21-30-22-55-24-56-30)59-51(80)42(29(9)67)65-50(79)40(27(7)11-2)62-43(72)31(54)16-18-36(68)69/h22,24-29,31-35,38-42,66-67H,10-21,23,53-54H2,1-9H3,(H,55,56)(H,57,73)(H,58,77)(H,59,80)(H,60,74)(H,61,78)(H,62,72)(H,63,75)(H,64,76)(H,65,79)(H,68,69)(H,70,71)(H,81,82)/t26-,27-,28-,29+,31-,32-,33-,34-,35-,38-,39-,40-,41-,42-/m0/s1. The molecular weight excluding hydrogens is 1080 g/mol. The van der Waals surface area contributed by atoms with Gasteiger partial charge in [0.2, 0.25) is 53.2 Å². The molecular formula is C52H89N13O17. The molecule has 1 aromatic rings. The number of aliphatic hydroxyl groups is 2. The van der Waals surface area contributed by atoms with Crippen LogP contribution in [0.25, 0.3) is 0 Å². The van der Waals surface area contributed by atoms with Crippen molar-refractivity contribution in [1.82, 2.24) is 57.8 Å². The fourth-order valence-corrected chi connectivity index (χ4v) is 8.08. The van der Waals surface area contributed by atoms with E-state index in [1.54, 1.807) is 55.4 Å². The molecule has 19 N–H and O–H groups in total. The van der Waals surface area contributed by atoms with E-state index in [1.807, 2.05) is 5.32 Å². The number of unbranched alkanes of at least 4 members (excludes halogenated alkanes) is 1. The lowest BCUT2D eigenvalue weighted by Gasteiger charge is -2.32. The number of nitrogens with zero attached hydrogens (tertiary/aromatic N) is 1. The molecule has 0 aromatic carbocycles. The number of hydrogen-bond donors (Lipinski definition) is 17. The average molecular weight is 1170 g/mol. The van der Waals surface area contributed by atoms with Crippen LogP contribution in [0.15, 0.2) is 12.5 Å². The van der Waals surface area contributed by atoms with Crippen LogP contribution in [-0.2, 0) is 64.0 Å². The molecule has 0 aliphatic rings. The van der Waals surface area contributed by atoms with Crippen LogP contribution in [0.1, 0.15) is 132 Å². The van der Waals surface area contributed by atoms with Gasteiger partial charge in [0.1, 0.15) is 54.4 Å². The van der Waals surface area contributed by atoms with E-state index < -0.39 is 187 Å². The Labute approximate surface area is 476 Å². The molecule has 14 atom stereocenters. The maximum Gasteiger partial charge on any atom is 0.328 e. The number of aromatic nitrogens is 2. The van der Waals surface area contributed by atoms with Crippen molar-refractivity contribution in [3.63, 3.8) is 0 Å². The molecule has 30 nitrogen and oxygen atoms in total. The predicted molar refractivity (Wildman–Crippen MR) is 294 cm³/mol. The number of hydrogen-bond acceptors (Lipinski definition) is 17. The Bertz CT molecular complexity index is 2290. The molecule has 0 radical (unpaired) electrons. The maximum atomic E-state index is 14.4. The predicted octanol–water partition coefficient (Wildman–Crippen LogP) is -3.25. The number of aliphatic carboxylic acids is 3. The van der Waals surface area contributed by atoms with E-state index in [9.17, 15) is 78.0 Å². The van der Waals surface area contributed by atoms with Gasteiger partial charge in [-0.25, -0.2) is 9.78 Å². The number of amides is 9. The van der Waals surface area contributed by atoms with Gasteiger partial charge in [-0.2, -0.15) is 0 Å². The lowest BCUT2D eigenvalue weighted by Crippen LogP contribution is -2.63. The van der Waals surface area contributed by atoms with Crippen molar-refractivity contribution in [3.05, 3.63) is 18.2 Å². The number of aromatic amines is 1. The van der Waals surface area contributed by atoms with Gasteiger partial charge in [-0.3, -0.25) is 52.7 Å². The summed E-state index contributed by atoms with van der Waals surface area (Å²) in [4.78, 5) is 166. The fourth-order valence-electron chi connectivity index (χ4n) is 8.08. The van der Waals surface area contributed by atoms with Crippen molar-refractivity contribution in [2.45, 2.75) is 199 Å². The Morgan fingerprint density at radius 2 is 0.902 bits per heavy atom. The Hall–Kier alpha value is -7.31. The number of carboxylic acid groups (broad SMARTS) is 3. The summed E-state index contributed by atoms with van der Waals surface area (Å²) in [5.41, 5.74) is 11.9. The van der Waals surface area contributed by atoms with E-state index in [0.29, 0.717) is 31.4 Å². The smallest absolute Gasteiger partial charge is 0.328 e. The quantitative estimate of drug-likeness (QED) is 0.0287. The van der Waals surface area contributed by atoms with Gasteiger partial charge in [0.25, 0.3) is 0 Å². The SMILES string of the molecule is CC[C@H](C)[C@H](NC(=O)[C@H](Cc1cnc[nH]1)NC(=O)[C@@H](NC(=O)[C@@H](NC(=O)[C@@H](N)CCC(=O)O)[C@@H](C)CC)[C@@H](C)O)C(=O)N[C@H](C(=O)N[C@H](C(=O)N[C@@H](CCCCN)C(=O)N[C@@H](CCC(=O)O)C(=O)N[C@@H](CO)C(=O)O)[C@@H](C)CC)C(C)C. The Morgan fingerprint density at radius 3 is 1.34 bits per heavy atom. The van der Waals surface area contributed by atoms with Gasteiger partial charge in [0, 0.05) is 31.2 Å². The highest BCUT2D eigenvalue weighted by Gasteiger charge is 2.39. The molecule has 0 saturated heterocycles. The van der Waals surface area contributed by atoms with Crippen molar-refractivity contribution in [1.29, 1.82) is 0 Å². The lowest BCUT2D eigenvalue weighted by molar-refractivity contribution is -0.144. The molecule has 0 spiro atoms. The van der Waals surface area contributed by atoms with Crippen LogP contribution in [0.3, 0.4) is 0 Å². The van der Waals surface area contributed by atoms with Crippen LogP contribution in [0, 0.1) is 23.7 Å². The summed E-state index contributed by atoms with van der Waals surface area (Å²) in [5.74, 6) is -14.9. The number of H-pyrrole nitrogens is 1. The highest BCUT2D eigenvalue weighted by atomic mass is 16.4. The number of carbonyl (C=O) groups excluding carboxylic acids is 9. The average Bonchev–Trinajstić information content (AvgIpc) is 4.05. The summed E-state index contributed by atoms with van der Waals surface area (Å²) in [6.45, 7) is 13.7. The first-order valence-corrected chi connectivity index (χ1v) is 27.6. The van der Waals surface area contributed by atoms with Gasteiger partial charge in [0.15, 0.2) is 0 Å². The Morgan fingerprint density at radius 1 is 0.512 bits per heavy atom. The van der Waals surface area contributed by atoms with Gasteiger partial charge < -0.3 is 89.8 Å². The number of nitrogens with one attached hydrogen (secondary N) is 10. The molecule has 0 aliphatic heterocycles. The molecule has 82 heavy (non-hydrogen) atoms. The number of carbonyl (C=O) groups is 12. The lowest BCUT2D eigenvalue weighted by atomic mass is 9.94. The number of imidazole rings is 1. The third-order valence-corrected chi connectivity index (χ3v) is 14.0. The Balaban J connectivity index is 3.54. The van der Waals surface area contributed by atoms with Crippen LogP contribution in [0.2, 0.25) is 0 Å². The summed E-state index contributed by atoms with van der Waals surface area (Å²) in [6, 6.07) is -14.7. The topological polar surface area (TPSA) is 495 Å². The van der Waals surface area contributed by atoms with Crippen molar-refractivity contribution >= 4 is 71.1 Å². The molecule has 0 saturated carbocycles. The van der Waals surface area contributed by atoms with Gasteiger partial charge in [-0.15, -0.1) is 0 Å². The van der Waals surface area contributed by atoms with Crippen molar-refractivity contribution in [2.24, 2.45) is 35.1 Å². The van der Waals surface area contributed by atoms with Crippen LogP contribution in [-0.4, -0.2) is 186 Å². The highest BCUT2D eigenvalue weighted by Crippen LogP contribution is 2.16. The minimum absolute atomic E-state index is 0.0509. The number of rotatable bonds is 40. The number of carboxylic acids is 3. The molecule has 1 heterocycles. The molecule has 1 aromatic heterocycles. The second-order valence-electron chi connectivity index (χ2n) is 20.9. The van der Waals surface area contributed by atoms with Gasteiger partial charge in [0.05, 0.1) is 25.1 Å². The molecule has 464 valence electrons. The number of nitrogens with two attached hydrogens (primary N) is 2. The molecule has 30 heteroatoms.